The van der Waals surface area contributed by atoms with E-state index in [1.165, 1.54) is 21.7 Å². The number of phenolic OH excluding ortho intramolecular Hbond substituents is 1. The van der Waals surface area contributed by atoms with Gasteiger partial charge in [0.1, 0.15) is 5.75 Å². The number of benzene rings is 4. The molecule has 0 saturated carbocycles. The monoisotopic (exact) mass is 349 g/mol. The van der Waals surface area contributed by atoms with Gasteiger partial charge in [-0.3, -0.25) is 0 Å². The van der Waals surface area contributed by atoms with Gasteiger partial charge in [-0.1, -0.05) is 66.7 Å². The van der Waals surface area contributed by atoms with E-state index in [1.54, 1.807) is 6.07 Å². The molecule has 1 aromatic heterocycles. The van der Waals surface area contributed by atoms with Crippen LogP contribution >= 0.6 is 0 Å². The molecule has 0 fully saturated rings. The van der Waals surface area contributed by atoms with E-state index in [4.69, 9.17) is 0 Å². The molecular weight excluding hydrogens is 330 g/mol. The molecule has 1 heterocycles. The van der Waals surface area contributed by atoms with Crippen molar-refractivity contribution in [2.24, 2.45) is 0 Å². The Kier molecular flexibility index (Phi) is 3.51. The summed E-state index contributed by atoms with van der Waals surface area (Å²) in [4.78, 5) is 3.64. The van der Waals surface area contributed by atoms with Crippen LogP contribution < -0.4 is 0 Å². The molecule has 2 N–H and O–H groups in total. The summed E-state index contributed by atoms with van der Waals surface area (Å²) in [5, 5.41) is 13.7. The summed E-state index contributed by atoms with van der Waals surface area (Å²) < 4.78 is 0. The van der Waals surface area contributed by atoms with E-state index in [0.29, 0.717) is 5.75 Å². The summed E-state index contributed by atoms with van der Waals surface area (Å²) in [7, 11) is 0. The summed E-state index contributed by atoms with van der Waals surface area (Å²) in [5.74, 6) is 0.324. The topological polar surface area (TPSA) is 36.0 Å². The first kappa shape index (κ1) is 15.7. The smallest absolute Gasteiger partial charge is 0.118 e. The number of fused-ring (bicyclic) bond motifs is 3. The highest BCUT2D eigenvalue weighted by Gasteiger charge is 2.17. The molecule has 0 radical (unpaired) electrons. The third-order valence-corrected chi connectivity index (χ3v) is 5.24. The van der Waals surface area contributed by atoms with Gasteiger partial charge in [0.05, 0.1) is 5.69 Å². The lowest BCUT2D eigenvalue weighted by Crippen LogP contribution is -1.85. The van der Waals surface area contributed by atoms with Gasteiger partial charge >= 0.3 is 0 Å². The number of aromatic nitrogens is 1. The molecule has 0 unspecified atom stereocenters. The normalized spacial score (nSPS) is 11.3. The molecule has 27 heavy (non-hydrogen) atoms. The number of aromatic hydroxyl groups is 1. The molecule has 0 amide bonds. The molecule has 5 rings (SSSR count). The molecule has 0 aliphatic heterocycles. The fraction of sp³-hybridized carbons (Fsp3) is 0.0400. The number of aromatic amines is 1. The maximum Gasteiger partial charge on any atom is 0.118 e. The van der Waals surface area contributed by atoms with E-state index in [2.05, 4.69) is 71.7 Å². The van der Waals surface area contributed by atoms with Crippen molar-refractivity contribution < 1.29 is 5.11 Å². The zero-order valence-corrected chi connectivity index (χ0v) is 15.0. The lowest BCUT2D eigenvalue weighted by molar-refractivity contribution is 0.471. The van der Waals surface area contributed by atoms with Crippen LogP contribution in [0.1, 0.15) is 5.56 Å². The summed E-state index contributed by atoms with van der Waals surface area (Å²) >= 11 is 0. The van der Waals surface area contributed by atoms with Crippen LogP contribution in [0.25, 0.3) is 44.1 Å². The molecule has 2 heteroatoms. The van der Waals surface area contributed by atoms with Crippen molar-refractivity contribution in [3.63, 3.8) is 0 Å². The molecule has 0 bridgehead atoms. The lowest BCUT2D eigenvalue weighted by Gasteiger charge is -2.09. The van der Waals surface area contributed by atoms with Crippen LogP contribution in [-0.2, 0) is 0 Å². The molecular formula is C25H19NO. The fourth-order valence-electron chi connectivity index (χ4n) is 3.89. The third-order valence-electron chi connectivity index (χ3n) is 5.24. The Hall–Kier alpha value is -3.52. The number of aryl methyl sites for hydroxylation is 1. The van der Waals surface area contributed by atoms with Gasteiger partial charge in [0, 0.05) is 16.5 Å². The first-order chi connectivity index (χ1) is 13.2. The van der Waals surface area contributed by atoms with Crippen LogP contribution in [0.3, 0.4) is 0 Å². The van der Waals surface area contributed by atoms with Gasteiger partial charge in [0.25, 0.3) is 0 Å². The van der Waals surface area contributed by atoms with Crippen molar-refractivity contribution in [3.05, 3.63) is 90.5 Å². The minimum Gasteiger partial charge on any atom is -0.508 e. The van der Waals surface area contributed by atoms with E-state index in [0.717, 1.165) is 27.9 Å². The highest BCUT2D eigenvalue weighted by atomic mass is 16.3. The molecule has 2 nitrogen and oxygen atoms in total. The molecule has 0 aliphatic carbocycles. The highest BCUT2D eigenvalue weighted by molar-refractivity contribution is 6.17. The number of hydrogen-bond acceptors (Lipinski definition) is 1. The average Bonchev–Trinajstić information content (AvgIpc) is 3.11. The minimum atomic E-state index is 0.324. The Morgan fingerprint density at radius 1 is 0.741 bits per heavy atom. The molecule has 5 aromatic rings. The van der Waals surface area contributed by atoms with E-state index in [9.17, 15) is 5.11 Å². The van der Waals surface area contributed by atoms with Crippen LogP contribution in [0.15, 0.2) is 84.9 Å². The Labute approximate surface area is 157 Å². The number of phenols is 1. The molecule has 130 valence electrons. The molecule has 0 atom stereocenters. The number of H-pyrrole nitrogens is 1. The Balaban J connectivity index is 1.95. The predicted molar refractivity (Wildman–Crippen MR) is 113 cm³/mol. The van der Waals surface area contributed by atoms with E-state index < -0.39 is 0 Å². The molecule has 0 aliphatic rings. The second kappa shape index (κ2) is 6.03. The Bertz CT molecular complexity index is 1280. The molecule has 0 spiro atoms. The van der Waals surface area contributed by atoms with Gasteiger partial charge in [0.15, 0.2) is 0 Å². The largest absolute Gasteiger partial charge is 0.508 e. The first-order valence-corrected chi connectivity index (χ1v) is 9.11. The van der Waals surface area contributed by atoms with Gasteiger partial charge < -0.3 is 10.1 Å². The van der Waals surface area contributed by atoms with Gasteiger partial charge in [-0.05, 0) is 52.6 Å². The van der Waals surface area contributed by atoms with Crippen molar-refractivity contribution >= 4 is 21.7 Å². The first-order valence-electron chi connectivity index (χ1n) is 9.11. The van der Waals surface area contributed by atoms with Crippen molar-refractivity contribution in [1.82, 2.24) is 4.98 Å². The molecule has 4 aromatic carbocycles. The minimum absolute atomic E-state index is 0.324. The highest BCUT2D eigenvalue weighted by Crippen LogP contribution is 2.42. The Morgan fingerprint density at radius 2 is 1.52 bits per heavy atom. The van der Waals surface area contributed by atoms with Gasteiger partial charge in [-0.15, -0.1) is 0 Å². The van der Waals surface area contributed by atoms with Crippen LogP contribution in [0.4, 0.5) is 0 Å². The maximum atomic E-state index is 10.0. The lowest BCUT2D eigenvalue weighted by atomic mass is 9.94. The van der Waals surface area contributed by atoms with Crippen LogP contribution in [0.2, 0.25) is 0 Å². The van der Waals surface area contributed by atoms with Crippen LogP contribution in [0.5, 0.6) is 5.75 Å². The predicted octanol–water partition coefficient (Wildman–Crippen LogP) is 6.67. The fourth-order valence-corrected chi connectivity index (χ4v) is 3.89. The average molecular weight is 349 g/mol. The van der Waals surface area contributed by atoms with Crippen molar-refractivity contribution in [2.75, 3.05) is 0 Å². The molecule has 0 saturated heterocycles. The van der Waals surface area contributed by atoms with E-state index in [1.807, 2.05) is 19.1 Å². The Morgan fingerprint density at radius 3 is 2.33 bits per heavy atom. The SMILES string of the molecule is Cc1cc(-c2c(-c3ccccc3)[nH]c3ccc4ccccc4c23)ccc1O. The van der Waals surface area contributed by atoms with E-state index >= 15 is 0 Å². The van der Waals surface area contributed by atoms with Gasteiger partial charge in [-0.25, -0.2) is 0 Å². The maximum absolute atomic E-state index is 10.0. The van der Waals surface area contributed by atoms with Crippen LogP contribution in [0, 0.1) is 6.92 Å². The second-order valence-corrected chi connectivity index (χ2v) is 6.95. The number of nitrogens with one attached hydrogen (secondary N) is 1. The zero-order chi connectivity index (χ0) is 18.4. The summed E-state index contributed by atoms with van der Waals surface area (Å²) in [6, 6.07) is 29.1. The number of hydrogen-bond donors (Lipinski definition) is 2. The summed E-state index contributed by atoms with van der Waals surface area (Å²) in [6.45, 7) is 1.94. The standard InChI is InChI=1S/C25H19NO/c1-16-15-19(12-14-22(16)27)23-24-20-10-6-5-7-17(20)11-13-21(24)26-25(23)18-8-3-2-4-9-18/h2-15,26-27H,1H3. The van der Waals surface area contributed by atoms with Crippen molar-refractivity contribution in [2.45, 2.75) is 6.92 Å². The number of rotatable bonds is 2. The third kappa shape index (κ3) is 2.49. The van der Waals surface area contributed by atoms with Crippen LogP contribution in [-0.4, -0.2) is 10.1 Å². The summed E-state index contributed by atoms with van der Waals surface area (Å²) in [5.41, 5.74) is 6.53. The van der Waals surface area contributed by atoms with Crippen molar-refractivity contribution in [3.8, 4) is 28.1 Å². The van der Waals surface area contributed by atoms with Gasteiger partial charge in [0.2, 0.25) is 0 Å². The van der Waals surface area contributed by atoms with Gasteiger partial charge in [-0.2, -0.15) is 0 Å². The quantitative estimate of drug-likeness (QED) is 0.367. The summed E-state index contributed by atoms with van der Waals surface area (Å²) in [6.07, 6.45) is 0. The second-order valence-electron chi connectivity index (χ2n) is 6.95. The van der Waals surface area contributed by atoms with Crippen molar-refractivity contribution in [1.29, 1.82) is 0 Å². The zero-order valence-electron chi connectivity index (χ0n) is 15.0. The van der Waals surface area contributed by atoms with E-state index in [-0.39, 0.29) is 0 Å².